The molecule has 1 aliphatic rings. The molecule has 3 nitrogen and oxygen atoms in total. The molecule has 3 aromatic rings. The van der Waals surface area contributed by atoms with Crippen LogP contribution in [-0.4, -0.2) is 11.8 Å². The minimum atomic E-state index is -0.308. The van der Waals surface area contributed by atoms with Crippen molar-refractivity contribution in [1.29, 1.82) is 0 Å². The van der Waals surface area contributed by atoms with Crippen molar-refractivity contribution in [1.82, 2.24) is 0 Å². The SMILES string of the molecule is CC(C)(C)c1ccc(N2C(=O)c3ccc(C#Cc4ccccc4)cc3C2=O)cc1. The van der Waals surface area contributed by atoms with Gasteiger partial charge in [-0.3, -0.25) is 9.59 Å². The first-order valence-corrected chi connectivity index (χ1v) is 9.55. The van der Waals surface area contributed by atoms with Gasteiger partial charge in [0.25, 0.3) is 11.8 Å². The smallest absolute Gasteiger partial charge is 0.266 e. The highest BCUT2D eigenvalue weighted by Gasteiger charge is 2.36. The van der Waals surface area contributed by atoms with Gasteiger partial charge in [0.2, 0.25) is 0 Å². The quantitative estimate of drug-likeness (QED) is 0.431. The second-order valence-electron chi connectivity index (χ2n) is 8.12. The largest absolute Gasteiger partial charge is 0.268 e. The fourth-order valence-electron chi connectivity index (χ4n) is 3.33. The lowest BCUT2D eigenvalue weighted by Crippen LogP contribution is -2.29. The summed E-state index contributed by atoms with van der Waals surface area (Å²) in [7, 11) is 0. The minimum absolute atomic E-state index is 0.00679. The number of hydrogen-bond donors (Lipinski definition) is 0. The minimum Gasteiger partial charge on any atom is -0.268 e. The molecule has 0 saturated carbocycles. The number of rotatable bonds is 1. The van der Waals surface area contributed by atoms with Gasteiger partial charge in [-0.2, -0.15) is 0 Å². The zero-order chi connectivity index (χ0) is 20.6. The second-order valence-corrected chi connectivity index (χ2v) is 8.12. The molecule has 0 radical (unpaired) electrons. The third kappa shape index (κ3) is 3.58. The van der Waals surface area contributed by atoms with Crippen LogP contribution in [0, 0.1) is 11.8 Å². The molecule has 0 aliphatic carbocycles. The van der Waals surface area contributed by atoms with Crippen LogP contribution in [0.4, 0.5) is 5.69 Å². The van der Waals surface area contributed by atoms with Gasteiger partial charge in [-0.1, -0.05) is 62.9 Å². The van der Waals surface area contributed by atoms with Crippen molar-refractivity contribution >= 4 is 17.5 Å². The second kappa shape index (κ2) is 7.07. The number of hydrogen-bond acceptors (Lipinski definition) is 2. The Kier molecular flexibility index (Phi) is 4.56. The summed E-state index contributed by atoms with van der Waals surface area (Å²) in [5, 5.41) is 0. The van der Waals surface area contributed by atoms with Gasteiger partial charge in [0.05, 0.1) is 16.8 Å². The predicted octanol–water partition coefficient (Wildman–Crippen LogP) is 5.18. The number of imide groups is 1. The topological polar surface area (TPSA) is 37.4 Å². The Morgan fingerprint density at radius 2 is 1.31 bits per heavy atom. The predicted molar refractivity (Wildman–Crippen MR) is 115 cm³/mol. The fraction of sp³-hybridized carbons (Fsp3) is 0.154. The molecule has 3 heteroatoms. The van der Waals surface area contributed by atoms with E-state index in [1.807, 2.05) is 54.6 Å². The first-order valence-electron chi connectivity index (χ1n) is 9.55. The first kappa shape index (κ1) is 18.7. The average molecular weight is 379 g/mol. The lowest BCUT2D eigenvalue weighted by Gasteiger charge is -2.20. The van der Waals surface area contributed by atoms with Crippen LogP contribution in [0.5, 0.6) is 0 Å². The molecule has 29 heavy (non-hydrogen) atoms. The summed E-state index contributed by atoms with van der Waals surface area (Å²) in [6.45, 7) is 6.38. The molecule has 0 aromatic heterocycles. The summed E-state index contributed by atoms with van der Waals surface area (Å²) >= 11 is 0. The summed E-state index contributed by atoms with van der Waals surface area (Å²) in [5.41, 5.74) is 4.16. The third-order valence-corrected chi connectivity index (χ3v) is 5.00. The van der Waals surface area contributed by atoms with E-state index in [-0.39, 0.29) is 17.2 Å². The van der Waals surface area contributed by atoms with E-state index in [0.717, 1.165) is 11.1 Å². The molecule has 3 aromatic carbocycles. The fourth-order valence-corrected chi connectivity index (χ4v) is 3.33. The van der Waals surface area contributed by atoms with Gasteiger partial charge in [-0.25, -0.2) is 4.90 Å². The van der Waals surface area contributed by atoms with E-state index in [0.29, 0.717) is 22.4 Å². The molecule has 0 unspecified atom stereocenters. The Balaban J connectivity index is 1.64. The van der Waals surface area contributed by atoms with Crippen LogP contribution in [-0.2, 0) is 5.41 Å². The van der Waals surface area contributed by atoms with Gasteiger partial charge in [-0.05, 0) is 53.4 Å². The number of carbonyl (C=O) groups is 2. The van der Waals surface area contributed by atoms with E-state index in [1.165, 1.54) is 4.90 Å². The summed E-state index contributed by atoms with van der Waals surface area (Å²) in [6, 6.07) is 22.4. The van der Waals surface area contributed by atoms with Crippen LogP contribution in [0.3, 0.4) is 0 Å². The van der Waals surface area contributed by atoms with E-state index >= 15 is 0 Å². The Labute approximate surface area is 171 Å². The molecule has 1 aliphatic heterocycles. The van der Waals surface area contributed by atoms with Gasteiger partial charge in [-0.15, -0.1) is 0 Å². The van der Waals surface area contributed by atoms with Gasteiger partial charge in [0.15, 0.2) is 0 Å². The lowest BCUT2D eigenvalue weighted by atomic mass is 9.87. The molecular formula is C26H21NO2. The van der Waals surface area contributed by atoms with Crippen LogP contribution in [0.25, 0.3) is 0 Å². The monoisotopic (exact) mass is 379 g/mol. The molecule has 4 rings (SSSR count). The van der Waals surface area contributed by atoms with Crippen LogP contribution in [0.1, 0.15) is 58.2 Å². The molecule has 2 amide bonds. The summed E-state index contributed by atoms with van der Waals surface area (Å²) in [6.07, 6.45) is 0. The Morgan fingerprint density at radius 3 is 1.97 bits per heavy atom. The van der Waals surface area contributed by atoms with Crippen LogP contribution in [0.15, 0.2) is 72.8 Å². The Hall–Kier alpha value is -3.64. The highest BCUT2D eigenvalue weighted by Crippen LogP contribution is 2.31. The van der Waals surface area contributed by atoms with Crippen molar-refractivity contribution < 1.29 is 9.59 Å². The van der Waals surface area contributed by atoms with E-state index in [4.69, 9.17) is 0 Å². The molecule has 0 atom stereocenters. The van der Waals surface area contributed by atoms with Crippen molar-refractivity contribution in [2.45, 2.75) is 26.2 Å². The number of nitrogens with zero attached hydrogens (tertiary/aromatic N) is 1. The van der Waals surface area contributed by atoms with Crippen molar-refractivity contribution in [3.05, 3.63) is 101 Å². The molecule has 0 saturated heterocycles. The maximum atomic E-state index is 13.0. The highest BCUT2D eigenvalue weighted by atomic mass is 16.2. The molecule has 0 fully saturated rings. The zero-order valence-corrected chi connectivity index (χ0v) is 16.7. The van der Waals surface area contributed by atoms with Gasteiger partial charge < -0.3 is 0 Å². The van der Waals surface area contributed by atoms with E-state index in [2.05, 4.69) is 32.6 Å². The third-order valence-electron chi connectivity index (χ3n) is 5.00. The van der Waals surface area contributed by atoms with E-state index < -0.39 is 0 Å². The van der Waals surface area contributed by atoms with Crippen molar-refractivity contribution in [3.8, 4) is 11.8 Å². The van der Waals surface area contributed by atoms with Crippen molar-refractivity contribution in [2.24, 2.45) is 0 Å². The van der Waals surface area contributed by atoms with Gasteiger partial charge >= 0.3 is 0 Å². The average Bonchev–Trinajstić information content (AvgIpc) is 2.96. The van der Waals surface area contributed by atoms with E-state index in [9.17, 15) is 9.59 Å². The first-order chi connectivity index (χ1) is 13.8. The number of carbonyl (C=O) groups excluding carboxylic acids is 2. The highest BCUT2D eigenvalue weighted by molar-refractivity contribution is 6.34. The van der Waals surface area contributed by atoms with Gasteiger partial charge in [0, 0.05) is 11.1 Å². The molecule has 0 spiro atoms. The van der Waals surface area contributed by atoms with Crippen LogP contribution < -0.4 is 4.90 Å². The molecule has 0 N–H and O–H groups in total. The van der Waals surface area contributed by atoms with Gasteiger partial charge in [0.1, 0.15) is 0 Å². The Bertz CT molecular complexity index is 1160. The van der Waals surface area contributed by atoms with Crippen molar-refractivity contribution in [2.75, 3.05) is 4.90 Å². The molecule has 0 bridgehead atoms. The Morgan fingerprint density at radius 1 is 0.690 bits per heavy atom. The standard InChI is InChI=1S/C26H21NO2/c1-26(2,3)20-12-14-21(15-13-20)27-24(28)22-16-11-19(17-23(22)25(27)29)10-9-18-7-5-4-6-8-18/h4-8,11-17H,1-3H3. The molecule has 1 heterocycles. The number of amides is 2. The number of benzene rings is 3. The lowest BCUT2D eigenvalue weighted by molar-refractivity contribution is 0.0926. The summed E-state index contributed by atoms with van der Waals surface area (Å²) in [4.78, 5) is 27.1. The molecular weight excluding hydrogens is 358 g/mol. The maximum absolute atomic E-state index is 13.0. The zero-order valence-electron chi connectivity index (χ0n) is 16.7. The maximum Gasteiger partial charge on any atom is 0.266 e. The number of fused-ring (bicyclic) bond motifs is 1. The number of anilines is 1. The summed E-state index contributed by atoms with van der Waals surface area (Å²) in [5.74, 6) is 5.55. The normalized spacial score (nSPS) is 13.1. The molecule has 142 valence electrons. The summed E-state index contributed by atoms with van der Waals surface area (Å²) < 4.78 is 0. The van der Waals surface area contributed by atoms with Crippen molar-refractivity contribution in [3.63, 3.8) is 0 Å². The van der Waals surface area contributed by atoms with Crippen LogP contribution in [0.2, 0.25) is 0 Å². The van der Waals surface area contributed by atoms with E-state index in [1.54, 1.807) is 18.2 Å². The van der Waals surface area contributed by atoms with Crippen LogP contribution >= 0.6 is 0 Å².